The second-order valence-corrected chi connectivity index (χ2v) is 4.93. The van der Waals surface area contributed by atoms with Gasteiger partial charge in [0.2, 0.25) is 0 Å². The summed E-state index contributed by atoms with van der Waals surface area (Å²) in [4.78, 5) is 0. The molecule has 24 heavy (non-hydrogen) atoms. The first-order chi connectivity index (χ1) is 11.7. The molecule has 0 saturated heterocycles. The molecular formula is C17H15N3O4. The summed E-state index contributed by atoms with van der Waals surface area (Å²) in [6.45, 7) is 0. The monoisotopic (exact) mass is 325 g/mol. The first kappa shape index (κ1) is 15.5. The van der Waals surface area contributed by atoms with Crippen LogP contribution in [0.4, 0.5) is 0 Å². The Balaban J connectivity index is 2.21. The van der Waals surface area contributed by atoms with Gasteiger partial charge in [-0.25, -0.2) is 0 Å². The quantitative estimate of drug-likeness (QED) is 0.761. The summed E-state index contributed by atoms with van der Waals surface area (Å²) in [5.41, 5.74) is 1.63. The lowest BCUT2D eigenvalue weighted by Gasteiger charge is -2.14. The SMILES string of the molecule is COc1ccc(-c2ccc(O)c(-c3ccnnn3)c2O)c(OC)c1. The van der Waals surface area contributed by atoms with Gasteiger partial charge in [0.25, 0.3) is 0 Å². The van der Waals surface area contributed by atoms with E-state index < -0.39 is 0 Å². The summed E-state index contributed by atoms with van der Waals surface area (Å²) < 4.78 is 10.6. The van der Waals surface area contributed by atoms with Gasteiger partial charge in [-0.3, -0.25) is 0 Å². The van der Waals surface area contributed by atoms with Crippen molar-refractivity contribution < 1.29 is 19.7 Å². The van der Waals surface area contributed by atoms with E-state index in [1.165, 1.54) is 19.4 Å². The van der Waals surface area contributed by atoms with E-state index in [0.717, 1.165) is 0 Å². The van der Waals surface area contributed by atoms with Crippen molar-refractivity contribution in [2.75, 3.05) is 14.2 Å². The second-order valence-electron chi connectivity index (χ2n) is 4.93. The highest BCUT2D eigenvalue weighted by Crippen LogP contribution is 2.45. The molecule has 0 aliphatic heterocycles. The smallest absolute Gasteiger partial charge is 0.136 e. The predicted molar refractivity (Wildman–Crippen MR) is 87.1 cm³/mol. The zero-order valence-electron chi connectivity index (χ0n) is 13.1. The molecule has 1 aromatic heterocycles. The Morgan fingerprint density at radius 2 is 1.71 bits per heavy atom. The predicted octanol–water partition coefficient (Wildman–Crippen LogP) is 2.63. The van der Waals surface area contributed by atoms with Crippen molar-refractivity contribution in [3.8, 4) is 45.4 Å². The number of ether oxygens (including phenoxy) is 2. The van der Waals surface area contributed by atoms with Crippen LogP contribution in [0.25, 0.3) is 22.4 Å². The number of methoxy groups -OCH3 is 2. The number of phenolic OH excluding ortho intramolecular Hbond substituents is 2. The van der Waals surface area contributed by atoms with Gasteiger partial charge in [0.05, 0.1) is 26.0 Å². The minimum atomic E-state index is -0.126. The maximum atomic E-state index is 10.7. The minimum absolute atomic E-state index is 0.107. The molecule has 0 aliphatic carbocycles. The molecule has 3 aromatic rings. The summed E-state index contributed by atoms with van der Waals surface area (Å²) in [5, 5.41) is 31.8. The number of hydrogen-bond donors (Lipinski definition) is 2. The normalized spacial score (nSPS) is 10.4. The van der Waals surface area contributed by atoms with Crippen molar-refractivity contribution in [3.63, 3.8) is 0 Å². The van der Waals surface area contributed by atoms with E-state index in [1.807, 2.05) is 0 Å². The highest BCUT2D eigenvalue weighted by atomic mass is 16.5. The molecule has 2 N–H and O–H groups in total. The fourth-order valence-electron chi connectivity index (χ4n) is 2.45. The van der Waals surface area contributed by atoms with E-state index in [0.29, 0.717) is 28.3 Å². The Morgan fingerprint density at radius 1 is 0.917 bits per heavy atom. The van der Waals surface area contributed by atoms with Crippen LogP contribution in [-0.4, -0.2) is 39.8 Å². The highest BCUT2D eigenvalue weighted by Gasteiger charge is 2.19. The Bertz CT molecular complexity index is 869. The molecular weight excluding hydrogens is 310 g/mol. The molecule has 0 bridgehead atoms. The molecule has 0 atom stereocenters. The third-order valence-electron chi connectivity index (χ3n) is 3.61. The summed E-state index contributed by atoms with van der Waals surface area (Å²) in [6, 6.07) is 9.88. The van der Waals surface area contributed by atoms with Gasteiger partial charge in [0, 0.05) is 17.2 Å². The van der Waals surface area contributed by atoms with Gasteiger partial charge in [-0.15, -0.1) is 10.2 Å². The first-order valence-electron chi connectivity index (χ1n) is 7.07. The fourth-order valence-corrected chi connectivity index (χ4v) is 2.45. The van der Waals surface area contributed by atoms with Gasteiger partial charge in [0.15, 0.2) is 0 Å². The Labute approximate surface area is 138 Å². The largest absolute Gasteiger partial charge is 0.507 e. The molecule has 3 rings (SSSR count). The molecule has 0 amide bonds. The van der Waals surface area contributed by atoms with Crippen molar-refractivity contribution in [3.05, 3.63) is 42.6 Å². The van der Waals surface area contributed by atoms with Crippen LogP contribution in [-0.2, 0) is 0 Å². The van der Waals surface area contributed by atoms with Gasteiger partial charge < -0.3 is 19.7 Å². The second kappa shape index (κ2) is 6.41. The number of hydrogen-bond acceptors (Lipinski definition) is 7. The van der Waals surface area contributed by atoms with Crippen molar-refractivity contribution in [1.82, 2.24) is 15.4 Å². The molecule has 0 spiro atoms. The van der Waals surface area contributed by atoms with Crippen LogP contribution in [0.3, 0.4) is 0 Å². The lowest BCUT2D eigenvalue weighted by Crippen LogP contribution is -1.94. The first-order valence-corrected chi connectivity index (χ1v) is 7.07. The lowest BCUT2D eigenvalue weighted by atomic mass is 9.98. The Kier molecular flexibility index (Phi) is 4.15. The van der Waals surface area contributed by atoms with Gasteiger partial charge in [0.1, 0.15) is 28.7 Å². The van der Waals surface area contributed by atoms with Gasteiger partial charge in [-0.05, 0) is 35.5 Å². The Morgan fingerprint density at radius 3 is 2.38 bits per heavy atom. The molecule has 2 aromatic carbocycles. The van der Waals surface area contributed by atoms with Gasteiger partial charge in [-0.2, -0.15) is 0 Å². The molecule has 7 heteroatoms. The zero-order chi connectivity index (χ0) is 17.1. The molecule has 7 nitrogen and oxygen atoms in total. The zero-order valence-corrected chi connectivity index (χ0v) is 13.1. The summed E-state index contributed by atoms with van der Waals surface area (Å²) in [7, 11) is 3.09. The fraction of sp³-hybridized carbons (Fsp3) is 0.118. The number of rotatable bonds is 4. The molecule has 0 saturated carbocycles. The number of benzene rings is 2. The van der Waals surface area contributed by atoms with Crippen molar-refractivity contribution in [1.29, 1.82) is 0 Å². The third-order valence-corrected chi connectivity index (χ3v) is 3.61. The molecule has 0 aliphatic rings. The summed E-state index contributed by atoms with van der Waals surface area (Å²) in [6.07, 6.45) is 1.43. The molecule has 1 heterocycles. The topological polar surface area (TPSA) is 97.6 Å². The van der Waals surface area contributed by atoms with E-state index in [-0.39, 0.29) is 17.1 Å². The molecule has 0 radical (unpaired) electrons. The number of aromatic nitrogens is 3. The average Bonchev–Trinajstić information content (AvgIpc) is 2.62. The Hall–Kier alpha value is -3.35. The summed E-state index contributed by atoms with van der Waals surface area (Å²) in [5.74, 6) is 0.930. The van der Waals surface area contributed by atoms with Crippen LogP contribution in [0.2, 0.25) is 0 Å². The summed E-state index contributed by atoms with van der Waals surface area (Å²) >= 11 is 0. The van der Waals surface area contributed by atoms with Gasteiger partial charge >= 0.3 is 0 Å². The van der Waals surface area contributed by atoms with E-state index >= 15 is 0 Å². The highest BCUT2D eigenvalue weighted by molar-refractivity contribution is 5.86. The van der Waals surface area contributed by atoms with Crippen molar-refractivity contribution in [2.45, 2.75) is 0 Å². The van der Waals surface area contributed by atoms with Crippen LogP contribution >= 0.6 is 0 Å². The van der Waals surface area contributed by atoms with E-state index in [4.69, 9.17) is 9.47 Å². The number of phenols is 2. The van der Waals surface area contributed by atoms with E-state index in [9.17, 15) is 10.2 Å². The average molecular weight is 325 g/mol. The molecule has 0 unspecified atom stereocenters. The molecule has 0 fully saturated rings. The lowest BCUT2D eigenvalue weighted by molar-refractivity contribution is 0.395. The van der Waals surface area contributed by atoms with E-state index in [2.05, 4.69) is 15.4 Å². The van der Waals surface area contributed by atoms with Gasteiger partial charge in [-0.1, -0.05) is 0 Å². The standard InChI is InChI=1S/C17H15N3O4/c1-23-10-3-4-11(15(9-10)24-2)12-5-6-14(21)16(17(12)22)13-7-8-18-20-19-13/h3-9,21-22H,1-2H3. The van der Waals surface area contributed by atoms with E-state index in [1.54, 1.807) is 37.4 Å². The van der Waals surface area contributed by atoms with Crippen molar-refractivity contribution in [2.24, 2.45) is 0 Å². The van der Waals surface area contributed by atoms with Crippen LogP contribution in [0.1, 0.15) is 0 Å². The van der Waals surface area contributed by atoms with Crippen LogP contribution < -0.4 is 9.47 Å². The maximum absolute atomic E-state index is 10.7. The third kappa shape index (κ3) is 2.67. The molecule has 122 valence electrons. The number of aromatic hydroxyl groups is 2. The maximum Gasteiger partial charge on any atom is 0.136 e. The number of nitrogens with zero attached hydrogens (tertiary/aromatic N) is 3. The minimum Gasteiger partial charge on any atom is -0.507 e. The van der Waals surface area contributed by atoms with Crippen LogP contribution in [0.5, 0.6) is 23.0 Å². The van der Waals surface area contributed by atoms with Crippen LogP contribution in [0.15, 0.2) is 42.6 Å². The van der Waals surface area contributed by atoms with Crippen LogP contribution in [0, 0.1) is 0 Å². The van der Waals surface area contributed by atoms with Crippen molar-refractivity contribution >= 4 is 0 Å².